The highest BCUT2D eigenvalue weighted by Crippen LogP contribution is 2.42. The quantitative estimate of drug-likeness (QED) is 0.209. The van der Waals surface area contributed by atoms with Gasteiger partial charge in [0.05, 0.1) is 20.1 Å². The summed E-state index contributed by atoms with van der Waals surface area (Å²) in [5.41, 5.74) is 1.68. The number of benzene rings is 3. The third-order valence-electron chi connectivity index (χ3n) is 5.45. The van der Waals surface area contributed by atoms with Gasteiger partial charge in [-0.15, -0.1) is 0 Å². The van der Waals surface area contributed by atoms with Crippen LogP contribution in [0.4, 0.5) is 0 Å². The zero-order valence-corrected chi connectivity index (χ0v) is 20.4. The van der Waals surface area contributed by atoms with Gasteiger partial charge in [-0.05, 0) is 35.4 Å². The normalized spacial score (nSPS) is 12.6. The molecule has 170 valence electrons. The van der Waals surface area contributed by atoms with E-state index in [1.165, 1.54) is 14.2 Å². The van der Waals surface area contributed by atoms with Crippen molar-refractivity contribution in [3.8, 4) is 0 Å². The standard InChI is InChI=1S/C26H22BrClO5/c1-32-25(30)23(26(31)33-2)21(17-10-14-20(28)15-11-17)22(16-6-4-3-5-7-16)24(29)18-8-12-19(27)13-9-18/h3-15,21-23H,1-2H3/t21-,22-/m0/s1. The molecule has 0 radical (unpaired) electrons. The van der Waals surface area contributed by atoms with Gasteiger partial charge in [0.15, 0.2) is 11.7 Å². The van der Waals surface area contributed by atoms with Gasteiger partial charge in [-0.1, -0.05) is 82.1 Å². The first-order valence-corrected chi connectivity index (χ1v) is 11.3. The molecule has 3 aromatic rings. The summed E-state index contributed by atoms with van der Waals surface area (Å²) in [6, 6.07) is 22.7. The summed E-state index contributed by atoms with van der Waals surface area (Å²) in [6.07, 6.45) is 0. The van der Waals surface area contributed by atoms with Crippen LogP contribution in [0.3, 0.4) is 0 Å². The summed E-state index contributed by atoms with van der Waals surface area (Å²) in [5.74, 6) is -4.97. The molecule has 0 aromatic heterocycles. The second kappa shape index (κ2) is 11.3. The van der Waals surface area contributed by atoms with Crippen molar-refractivity contribution in [3.05, 3.63) is 105 Å². The Labute approximate surface area is 205 Å². The molecule has 7 heteroatoms. The molecule has 33 heavy (non-hydrogen) atoms. The van der Waals surface area contributed by atoms with Crippen molar-refractivity contribution in [1.29, 1.82) is 0 Å². The first-order valence-electron chi connectivity index (χ1n) is 10.1. The third-order valence-corrected chi connectivity index (χ3v) is 6.23. The molecule has 0 aliphatic heterocycles. The van der Waals surface area contributed by atoms with E-state index in [2.05, 4.69) is 15.9 Å². The Balaban J connectivity index is 2.27. The molecule has 0 N–H and O–H groups in total. The first kappa shape index (κ1) is 24.7. The van der Waals surface area contributed by atoms with E-state index in [9.17, 15) is 14.4 Å². The molecular weight excluding hydrogens is 508 g/mol. The van der Waals surface area contributed by atoms with E-state index in [1.807, 2.05) is 6.07 Å². The second-order valence-electron chi connectivity index (χ2n) is 7.36. The van der Waals surface area contributed by atoms with Gasteiger partial charge in [0.1, 0.15) is 0 Å². The Morgan fingerprint density at radius 2 is 1.30 bits per heavy atom. The van der Waals surface area contributed by atoms with Gasteiger partial charge in [-0.25, -0.2) is 0 Å². The molecule has 0 amide bonds. The summed E-state index contributed by atoms with van der Waals surface area (Å²) < 4.78 is 10.8. The average Bonchev–Trinajstić information content (AvgIpc) is 2.84. The third kappa shape index (κ3) is 5.70. The minimum atomic E-state index is -1.37. The van der Waals surface area contributed by atoms with Crippen molar-refractivity contribution < 1.29 is 23.9 Å². The van der Waals surface area contributed by atoms with Crippen LogP contribution in [0, 0.1) is 5.92 Å². The molecule has 3 rings (SSSR count). The fourth-order valence-corrected chi connectivity index (χ4v) is 4.27. The van der Waals surface area contributed by atoms with Crippen LogP contribution in [0.15, 0.2) is 83.3 Å². The van der Waals surface area contributed by atoms with Crippen molar-refractivity contribution in [2.75, 3.05) is 14.2 Å². The van der Waals surface area contributed by atoms with E-state index < -0.39 is 29.7 Å². The van der Waals surface area contributed by atoms with E-state index in [1.54, 1.807) is 72.8 Å². The van der Waals surface area contributed by atoms with E-state index in [-0.39, 0.29) is 5.78 Å². The number of halogens is 2. The number of Topliss-reactive ketones (excluding diaryl/α,β-unsaturated/α-hetero) is 1. The average molecular weight is 530 g/mol. The summed E-state index contributed by atoms with van der Waals surface area (Å²) in [4.78, 5) is 39.7. The molecule has 0 aliphatic carbocycles. The van der Waals surface area contributed by atoms with Crippen LogP contribution >= 0.6 is 27.5 Å². The maximum absolute atomic E-state index is 13.9. The van der Waals surface area contributed by atoms with Crippen molar-refractivity contribution in [3.63, 3.8) is 0 Å². The summed E-state index contributed by atoms with van der Waals surface area (Å²) in [7, 11) is 2.40. The molecule has 0 bridgehead atoms. The Bertz CT molecular complexity index is 1100. The number of hydrogen-bond acceptors (Lipinski definition) is 5. The van der Waals surface area contributed by atoms with Crippen LogP contribution in [-0.4, -0.2) is 31.9 Å². The Morgan fingerprint density at radius 1 is 0.758 bits per heavy atom. The number of carbonyl (C=O) groups is 3. The molecule has 2 atom stereocenters. The van der Waals surface area contributed by atoms with E-state index in [0.29, 0.717) is 21.7 Å². The largest absolute Gasteiger partial charge is 0.468 e. The number of rotatable bonds is 8. The lowest BCUT2D eigenvalue weighted by atomic mass is 9.71. The van der Waals surface area contributed by atoms with Gasteiger partial charge in [0.25, 0.3) is 0 Å². The predicted molar refractivity (Wildman–Crippen MR) is 129 cm³/mol. The number of esters is 2. The van der Waals surface area contributed by atoms with Crippen LogP contribution in [0.25, 0.3) is 0 Å². The zero-order chi connectivity index (χ0) is 24.0. The van der Waals surface area contributed by atoms with Gasteiger partial charge < -0.3 is 9.47 Å². The predicted octanol–water partition coefficient (Wildman–Crippen LogP) is 5.82. The lowest BCUT2D eigenvalue weighted by Gasteiger charge is -2.31. The van der Waals surface area contributed by atoms with Crippen LogP contribution in [-0.2, 0) is 19.1 Å². The zero-order valence-electron chi connectivity index (χ0n) is 18.0. The van der Waals surface area contributed by atoms with Crippen molar-refractivity contribution in [1.82, 2.24) is 0 Å². The van der Waals surface area contributed by atoms with Gasteiger partial charge in [0, 0.05) is 21.0 Å². The topological polar surface area (TPSA) is 69.7 Å². The lowest BCUT2D eigenvalue weighted by molar-refractivity contribution is -0.160. The number of ketones is 1. The molecule has 0 saturated heterocycles. The highest BCUT2D eigenvalue weighted by Gasteiger charge is 2.45. The minimum absolute atomic E-state index is 0.244. The number of hydrogen-bond donors (Lipinski definition) is 0. The molecule has 0 spiro atoms. The van der Waals surface area contributed by atoms with E-state index in [0.717, 1.165) is 4.47 Å². The van der Waals surface area contributed by atoms with Gasteiger partial charge in [0.2, 0.25) is 0 Å². The maximum Gasteiger partial charge on any atom is 0.320 e. The maximum atomic E-state index is 13.9. The minimum Gasteiger partial charge on any atom is -0.468 e. The summed E-state index contributed by atoms with van der Waals surface area (Å²) >= 11 is 9.47. The molecule has 0 saturated carbocycles. The first-order chi connectivity index (χ1) is 15.9. The SMILES string of the molecule is COC(=O)C(C(=O)OC)[C@@H](c1ccc(Cl)cc1)[C@@H](C(=O)c1ccc(Br)cc1)c1ccccc1. The van der Waals surface area contributed by atoms with Crippen LogP contribution in [0.2, 0.25) is 5.02 Å². The smallest absolute Gasteiger partial charge is 0.320 e. The molecule has 0 aliphatic rings. The Hall–Kier alpha value is -2.96. The highest BCUT2D eigenvalue weighted by atomic mass is 79.9. The molecule has 0 heterocycles. The lowest BCUT2D eigenvalue weighted by Crippen LogP contribution is -2.37. The Morgan fingerprint density at radius 3 is 1.82 bits per heavy atom. The van der Waals surface area contributed by atoms with E-state index in [4.69, 9.17) is 21.1 Å². The summed E-state index contributed by atoms with van der Waals surface area (Å²) in [5, 5.41) is 0.487. The van der Waals surface area contributed by atoms with Gasteiger partial charge in [-0.3, -0.25) is 14.4 Å². The monoisotopic (exact) mass is 528 g/mol. The van der Waals surface area contributed by atoms with Gasteiger partial charge in [-0.2, -0.15) is 0 Å². The molecule has 0 fully saturated rings. The van der Waals surface area contributed by atoms with E-state index >= 15 is 0 Å². The molecular formula is C26H22BrClO5. The fourth-order valence-electron chi connectivity index (χ4n) is 3.88. The summed E-state index contributed by atoms with van der Waals surface area (Å²) in [6.45, 7) is 0. The van der Waals surface area contributed by atoms with Crippen molar-refractivity contribution in [2.45, 2.75) is 11.8 Å². The second-order valence-corrected chi connectivity index (χ2v) is 8.71. The highest BCUT2D eigenvalue weighted by molar-refractivity contribution is 9.10. The number of methoxy groups -OCH3 is 2. The fraction of sp³-hybridized carbons (Fsp3) is 0.192. The van der Waals surface area contributed by atoms with Crippen molar-refractivity contribution in [2.24, 2.45) is 5.92 Å². The molecule has 0 unspecified atom stereocenters. The molecule has 5 nitrogen and oxygen atoms in total. The van der Waals surface area contributed by atoms with Crippen molar-refractivity contribution >= 4 is 45.3 Å². The van der Waals surface area contributed by atoms with Crippen LogP contribution in [0.5, 0.6) is 0 Å². The number of carbonyl (C=O) groups excluding carboxylic acids is 3. The Kier molecular flexibility index (Phi) is 8.42. The molecule has 3 aromatic carbocycles. The van der Waals surface area contributed by atoms with Gasteiger partial charge >= 0.3 is 11.9 Å². The number of ether oxygens (including phenoxy) is 2. The van der Waals surface area contributed by atoms with Crippen LogP contribution < -0.4 is 0 Å². The van der Waals surface area contributed by atoms with Crippen LogP contribution in [0.1, 0.15) is 33.3 Å².